The van der Waals surface area contributed by atoms with Crippen LogP contribution < -0.4 is 15.4 Å². The maximum atomic E-state index is 12.2. The summed E-state index contributed by atoms with van der Waals surface area (Å²) in [6, 6.07) is 4.11. The van der Waals surface area contributed by atoms with Gasteiger partial charge in [0.25, 0.3) is 0 Å². The van der Waals surface area contributed by atoms with Crippen LogP contribution in [0.5, 0.6) is 5.75 Å². The summed E-state index contributed by atoms with van der Waals surface area (Å²) in [7, 11) is 0. The van der Waals surface area contributed by atoms with E-state index < -0.39 is 12.8 Å². The van der Waals surface area contributed by atoms with Crippen LogP contribution in [0.2, 0.25) is 5.02 Å². The summed E-state index contributed by atoms with van der Waals surface area (Å²) in [6.07, 6.45) is -2.13. The van der Waals surface area contributed by atoms with Gasteiger partial charge in [-0.3, -0.25) is 4.79 Å². The Hall–Kier alpha value is -1.18. The van der Waals surface area contributed by atoms with E-state index in [2.05, 4.69) is 10.6 Å². The fraction of sp³-hybridized carbons (Fsp3) is 0.500. The molecule has 0 saturated heterocycles. The first-order valence-electron chi connectivity index (χ1n) is 6.83. The first kappa shape index (κ1) is 19.9. The molecule has 1 aliphatic carbocycles. The number of benzene rings is 1. The van der Waals surface area contributed by atoms with Gasteiger partial charge in [0.15, 0.2) is 6.61 Å². The normalized spacial score (nSPS) is 14.1. The van der Waals surface area contributed by atoms with Crippen LogP contribution in [0.25, 0.3) is 0 Å². The lowest BCUT2D eigenvalue weighted by Crippen LogP contribution is -2.29. The Morgan fingerprint density at radius 2 is 2.04 bits per heavy atom. The number of carbonyl (C=O) groups is 1. The van der Waals surface area contributed by atoms with Crippen molar-refractivity contribution in [3.63, 3.8) is 0 Å². The number of ether oxygens (including phenoxy) is 1. The topological polar surface area (TPSA) is 50.4 Å². The zero-order valence-corrected chi connectivity index (χ0v) is 13.7. The van der Waals surface area contributed by atoms with Crippen LogP contribution in [0.3, 0.4) is 0 Å². The van der Waals surface area contributed by atoms with E-state index in [1.165, 1.54) is 31.0 Å². The summed E-state index contributed by atoms with van der Waals surface area (Å²) in [4.78, 5) is 11.8. The summed E-state index contributed by atoms with van der Waals surface area (Å²) in [5.41, 5.74) is 0.159. The molecule has 2 rings (SSSR count). The number of hydrogen-bond donors (Lipinski definition) is 2. The van der Waals surface area contributed by atoms with Crippen LogP contribution in [-0.4, -0.2) is 31.8 Å². The van der Waals surface area contributed by atoms with Gasteiger partial charge in [0.1, 0.15) is 5.75 Å². The molecule has 2 N–H and O–H groups in total. The lowest BCUT2D eigenvalue weighted by atomic mass is 10.3. The van der Waals surface area contributed by atoms with Crippen molar-refractivity contribution in [3.8, 4) is 5.75 Å². The molecule has 1 saturated carbocycles. The summed E-state index contributed by atoms with van der Waals surface area (Å²) in [6.45, 7) is -0.584. The van der Waals surface area contributed by atoms with Gasteiger partial charge in [-0.1, -0.05) is 11.6 Å². The van der Waals surface area contributed by atoms with Crippen molar-refractivity contribution in [2.75, 3.05) is 25.0 Å². The quantitative estimate of drug-likeness (QED) is 0.767. The molecule has 1 aromatic carbocycles. The summed E-state index contributed by atoms with van der Waals surface area (Å²) in [5, 5.41) is 5.74. The highest BCUT2D eigenvalue weighted by Gasteiger charge is 2.29. The number of anilines is 1. The van der Waals surface area contributed by atoms with Gasteiger partial charge in [-0.15, -0.1) is 12.4 Å². The van der Waals surface area contributed by atoms with Crippen LogP contribution in [0.15, 0.2) is 18.2 Å². The van der Waals surface area contributed by atoms with Crippen LogP contribution in [0.4, 0.5) is 18.9 Å². The minimum atomic E-state index is -4.46. The monoisotopic (exact) mass is 372 g/mol. The van der Waals surface area contributed by atoms with E-state index in [1.54, 1.807) is 0 Å². The third-order valence-electron chi connectivity index (χ3n) is 3.02. The van der Waals surface area contributed by atoms with E-state index in [0.717, 1.165) is 6.54 Å². The van der Waals surface area contributed by atoms with Crippen molar-refractivity contribution in [1.82, 2.24) is 5.32 Å². The van der Waals surface area contributed by atoms with Crippen LogP contribution >= 0.6 is 24.0 Å². The van der Waals surface area contributed by atoms with Crippen LogP contribution in [0.1, 0.15) is 12.8 Å². The number of halogens is 5. The average molecular weight is 373 g/mol. The van der Waals surface area contributed by atoms with Crippen LogP contribution in [-0.2, 0) is 4.79 Å². The standard InChI is InChI=1S/C14H16ClF3N2O2.ClH/c15-10-3-4-11(12(5-10)22-8-14(16,17)18)20-13(21)7-19-6-9-1-2-9;/h3-5,9,19H,1-2,6-8H2,(H,20,21);1H. The Balaban J connectivity index is 0.00000264. The van der Waals surface area contributed by atoms with Crippen LogP contribution in [0, 0.1) is 5.92 Å². The number of hydrogen-bond acceptors (Lipinski definition) is 3. The Bertz CT molecular complexity index is 537. The van der Waals surface area contributed by atoms with Gasteiger partial charge in [-0.25, -0.2) is 0 Å². The van der Waals surface area contributed by atoms with Crippen molar-refractivity contribution < 1.29 is 22.7 Å². The molecule has 23 heavy (non-hydrogen) atoms. The molecule has 1 aliphatic rings. The third kappa shape index (κ3) is 7.76. The number of nitrogens with one attached hydrogen (secondary N) is 2. The van der Waals surface area contributed by atoms with Gasteiger partial charge in [-0.2, -0.15) is 13.2 Å². The Kier molecular flexibility index (Phi) is 7.44. The molecule has 0 aromatic heterocycles. The largest absolute Gasteiger partial charge is 0.482 e. The van der Waals surface area contributed by atoms with Crippen molar-refractivity contribution in [1.29, 1.82) is 0 Å². The van der Waals surface area contributed by atoms with Gasteiger partial charge in [-0.05, 0) is 37.4 Å². The summed E-state index contributed by atoms with van der Waals surface area (Å²) >= 11 is 5.74. The highest BCUT2D eigenvalue weighted by Crippen LogP contribution is 2.30. The summed E-state index contributed by atoms with van der Waals surface area (Å²) in [5.74, 6) is 0.175. The highest BCUT2D eigenvalue weighted by molar-refractivity contribution is 6.30. The van der Waals surface area contributed by atoms with E-state index in [1.807, 2.05) is 0 Å². The molecule has 130 valence electrons. The number of amides is 1. The SMILES string of the molecule is Cl.O=C(CNCC1CC1)Nc1ccc(Cl)cc1OCC(F)(F)F. The van der Waals surface area contributed by atoms with E-state index in [9.17, 15) is 18.0 Å². The fourth-order valence-electron chi connectivity index (χ4n) is 1.78. The predicted molar refractivity (Wildman–Crippen MR) is 84.5 cm³/mol. The zero-order chi connectivity index (χ0) is 16.2. The molecule has 0 radical (unpaired) electrons. The molecule has 0 unspecified atom stereocenters. The first-order valence-corrected chi connectivity index (χ1v) is 7.21. The lowest BCUT2D eigenvalue weighted by Gasteiger charge is -2.14. The highest BCUT2D eigenvalue weighted by atomic mass is 35.5. The van der Waals surface area contributed by atoms with E-state index in [0.29, 0.717) is 5.92 Å². The molecule has 0 atom stereocenters. The maximum Gasteiger partial charge on any atom is 0.422 e. The molecule has 0 spiro atoms. The molecule has 0 bridgehead atoms. The second-order valence-corrected chi connectivity index (χ2v) is 5.60. The van der Waals surface area contributed by atoms with Gasteiger partial charge >= 0.3 is 6.18 Å². The van der Waals surface area contributed by atoms with Gasteiger partial charge in [0.2, 0.25) is 5.91 Å². The zero-order valence-electron chi connectivity index (χ0n) is 12.1. The molecule has 9 heteroatoms. The van der Waals surface area contributed by atoms with E-state index >= 15 is 0 Å². The van der Waals surface area contributed by atoms with Gasteiger partial charge < -0.3 is 15.4 Å². The van der Waals surface area contributed by atoms with E-state index in [-0.39, 0.29) is 41.3 Å². The van der Waals surface area contributed by atoms with Crippen molar-refractivity contribution in [2.24, 2.45) is 5.92 Å². The Labute approximate surface area is 143 Å². The lowest BCUT2D eigenvalue weighted by molar-refractivity contribution is -0.153. The van der Waals surface area contributed by atoms with Crippen molar-refractivity contribution in [3.05, 3.63) is 23.2 Å². The maximum absolute atomic E-state index is 12.2. The summed E-state index contributed by atoms with van der Waals surface area (Å²) < 4.78 is 41.4. The second kappa shape index (κ2) is 8.61. The number of carbonyl (C=O) groups excluding carboxylic acids is 1. The molecule has 1 fully saturated rings. The van der Waals surface area contributed by atoms with Gasteiger partial charge in [0, 0.05) is 11.1 Å². The molecule has 0 heterocycles. The average Bonchev–Trinajstić information content (AvgIpc) is 3.22. The molecular formula is C14H17Cl2F3N2O2. The Morgan fingerprint density at radius 3 is 2.65 bits per heavy atom. The molecular weight excluding hydrogens is 356 g/mol. The molecule has 4 nitrogen and oxygen atoms in total. The number of alkyl halides is 3. The molecule has 1 aromatic rings. The van der Waals surface area contributed by atoms with Crippen molar-refractivity contribution >= 4 is 35.6 Å². The minimum Gasteiger partial charge on any atom is -0.482 e. The predicted octanol–water partition coefficient (Wildman–Crippen LogP) is 3.64. The second-order valence-electron chi connectivity index (χ2n) is 5.17. The minimum absolute atomic E-state index is 0. The molecule has 1 amide bonds. The Morgan fingerprint density at radius 1 is 1.35 bits per heavy atom. The fourth-order valence-corrected chi connectivity index (χ4v) is 1.95. The molecule has 0 aliphatic heterocycles. The third-order valence-corrected chi connectivity index (χ3v) is 3.26. The first-order chi connectivity index (χ1) is 10.3. The van der Waals surface area contributed by atoms with Crippen molar-refractivity contribution in [2.45, 2.75) is 19.0 Å². The van der Waals surface area contributed by atoms with Gasteiger partial charge in [0.05, 0.1) is 12.2 Å². The van der Waals surface area contributed by atoms with E-state index in [4.69, 9.17) is 16.3 Å². The number of rotatable bonds is 7. The smallest absolute Gasteiger partial charge is 0.422 e.